The summed E-state index contributed by atoms with van der Waals surface area (Å²) in [7, 11) is -1.12. The van der Waals surface area contributed by atoms with Crippen LogP contribution in [-0.4, -0.2) is 54.8 Å². The molecule has 0 heterocycles. The van der Waals surface area contributed by atoms with Gasteiger partial charge in [-0.1, -0.05) is 18.2 Å². The summed E-state index contributed by atoms with van der Waals surface area (Å²) < 4.78 is 43.6. The van der Waals surface area contributed by atoms with Crippen LogP contribution in [0.3, 0.4) is 0 Å². The van der Waals surface area contributed by atoms with Crippen LogP contribution >= 0.6 is 0 Å². The molecular weight excluding hydrogens is 408 g/mol. The van der Waals surface area contributed by atoms with Gasteiger partial charge in [-0.3, -0.25) is 9.10 Å². The van der Waals surface area contributed by atoms with Gasteiger partial charge in [0.2, 0.25) is 5.91 Å². The third-order valence-electron chi connectivity index (χ3n) is 4.26. The number of ether oxygens (including phenoxy) is 3. The molecule has 1 N–H and O–H groups in total. The minimum absolute atomic E-state index is 0.0685. The molecule has 30 heavy (non-hydrogen) atoms. The first kappa shape index (κ1) is 23.5. The van der Waals surface area contributed by atoms with Crippen LogP contribution in [0.15, 0.2) is 53.4 Å². The quantitative estimate of drug-likeness (QED) is 0.514. The number of carbonyl (C=O) groups is 1. The van der Waals surface area contributed by atoms with E-state index in [0.29, 0.717) is 37.7 Å². The van der Waals surface area contributed by atoms with E-state index in [2.05, 4.69) is 5.32 Å². The third-order valence-corrected chi connectivity index (χ3v) is 6.04. The Bertz CT molecular complexity index is 918. The maximum absolute atomic E-state index is 13.4. The van der Waals surface area contributed by atoms with Gasteiger partial charge in [-0.15, -0.1) is 0 Å². The summed E-state index contributed by atoms with van der Waals surface area (Å²) >= 11 is 0. The van der Waals surface area contributed by atoms with Gasteiger partial charge in [-0.25, -0.2) is 8.42 Å². The van der Waals surface area contributed by atoms with Crippen molar-refractivity contribution in [1.82, 2.24) is 5.32 Å². The van der Waals surface area contributed by atoms with Crippen molar-refractivity contribution in [2.75, 3.05) is 44.8 Å². The van der Waals surface area contributed by atoms with Crippen LogP contribution in [0, 0.1) is 0 Å². The molecule has 2 rings (SSSR count). The van der Waals surface area contributed by atoms with Crippen LogP contribution in [-0.2, 0) is 19.6 Å². The molecule has 2 aromatic carbocycles. The number of benzene rings is 2. The van der Waals surface area contributed by atoms with Crippen molar-refractivity contribution in [3.63, 3.8) is 0 Å². The number of amides is 1. The third kappa shape index (κ3) is 6.11. The predicted molar refractivity (Wildman–Crippen MR) is 115 cm³/mol. The zero-order valence-electron chi connectivity index (χ0n) is 17.5. The van der Waals surface area contributed by atoms with Gasteiger partial charge < -0.3 is 19.5 Å². The highest BCUT2D eigenvalue weighted by atomic mass is 32.2. The Kier molecular flexibility index (Phi) is 8.94. The van der Waals surface area contributed by atoms with E-state index < -0.39 is 22.5 Å². The summed E-state index contributed by atoms with van der Waals surface area (Å²) in [4.78, 5) is 12.6. The van der Waals surface area contributed by atoms with Crippen molar-refractivity contribution in [3.05, 3.63) is 48.5 Å². The number of carbonyl (C=O) groups excluding carboxylic acids is 1. The topological polar surface area (TPSA) is 94.2 Å². The summed E-state index contributed by atoms with van der Waals surface area (Å²) in [6.45, 7) is 2.99. The maximum Gasteiger partial charge on any atom is 0.264 e. The zero-order valence-corrected chi connectivity index (χ0v) is 18.3. The molecular formula is C21H28N2O6S. The molecule has 0 saturated heterocycles. The van der Waals surface area contributed by atoms with Crippen molar-refractivity contribution in [2.24, 2.45) is 0 Å². The van der Waals surface area contributed by atoms with Gasteiger partial charge in [-0.2, -0.15) is 0 Å². The molecule has 0 aliphatic heterocycles. The number of nitrogens with zero attached hydrogens (tertiary/aromatic N) is 1. The van der Waals surface area contributed by atoms with Crippen LogP contribution in [0.5, 0.6) is 11.5 Å². The Morgan fingerprint density at radius 2 is 1.80 bits per heavy atom. The summed E-state index contributed by atoms with van der Waals surface area (Å²) in [5.41, 5.74) is 0.213. The number of methoxy groups -OCH3 is 2. The lowest BCUT2D eigenvalue weighted by Crippen LogP contribution is -2.41. The van der Waals surface area contributed by atoms with Crippen LogP contribution in [0.25, 0.3) is 0 Å². The fraction of sp³-hybridized carbons (Fsp3) is 0.381. The van der Waals surface area contributed by atoms with Gasteiger partial charge in [0, 0.05) is 25.8 Å². The summed E-state index contributed by atoms with van der Waals surface area (Å²) in [5, 5.41) is 2.73. The second-order valence-corrected chi connectivity index (χ2v) is 8.13. The van der Waals surface area contributed by atoms with Crippen LogP contribution < -0.4 is 19.1 Å². The number of anilines is 1. The van der Waals surface area contributed by atoms with E-state index in [1.807, 2.05) is 6.92 Å². The molecule has 0 unspecified atom stereocenters. The van der Waals surface area contributed by atoms with E-state index in [1.165, 1.54) is 32.4 Å². The van der Waals surface area contributed by atoms with E-state index in [0.717, 1.165) is 4.31 Å². The second kappa shape index (κ2) is 11.4. The van der Waals surface area contributed by atoms with Crippen molar-refractivity contribution >= 4 is 21.6 Å². The lowest BCUT2D eigenvalue weighted by atomic mass is 10.2. The Morgan fingerprint density at radius 1 is 1.07 bits per heavy atom. The lowest BCUT2D eigenvalue weighted by molar-refractivity contribution is -0.119. The van der Waals surface area contributed by atoms with E-state index in [1.54, 1.807) is 30.3 Å². The molecule has 0 aliphatic rings. The first-order valence-corrected chi connectivity index (χ1v) is 11.0. The standard InChI is InChI=1S/C21H28N2O6S/c1-4-29-14-8-13-22-21(24)16-23(30(25,26)18-9-6-5-7-10-18)19-15-17(27-2)11-12-20(19)28-3/h5-7,9-12,15H,4,8,13-14,16H2,1-3H3,(H,22,24). The normalized spacial score (nSPS) is 11.0. The van der Waals surface area contributed by atoms with Crippen molar-refractivity contribution in [1.29, 1.82) is 0 Å². The first-order chi connectivity index (χ1) is 14.4. The average molecular weight is 437 g/mol. The zero-order chi connectivity index (χ0) is 22.0. The first-order valence-electron chi connectivity index (χ1n) is 9.58. The van der Waals surface area contributed by atoms with Gasteiger partial charge in [0.05, 0.1) is 24.8 Å². The molecule has 0 fully saturated rings. The highest BCUT2D eigenvalue weighted by molar-refractivity contribution is 7.92. The van der Waals surface area contributed by atoms with Gasteiger partial charge in [-0.05, 0) is 37.6 Å². The number of hydrogen-bond acceptors (Lipinski definition) is 6. The Morgan fingerprint density at radius 3 is 2.43 bits per heavy atom. The van der Waals surface area contributed by atoms with Crippen molar-refractivity contribution in [3.8, 4) is 11.5 Å². The smallest absolute Gasteiger partial charge is 0.264 e. The number of sulfonamides is 1. The van der Waals surface area contributed by atoms with Gasteiger partial charge in [0.15, 0.2) is 0 Å². The van der Waals surface area contributed by atoms with Crippen LogP contribution in [0.1, 0.15) is 13.3 Å². The molecule has 0 atom stereocenters. The molecule has 164 valence electrons. The van der Waals surface area contributed by atoms with Gasteiger partial charge >= 0.3 is 0 Å². The Labute approximate surface area is 177 Å². The minimum Gasteiger partial charge on any atom is -0.497 e. The molecule has 0 bridgehead atoms. The summed E-state index contributed by atoms with van der Waals surface area (Å²) in [6, 6.07) is 12.7. The Balaban J connectivity index is 2.36. The summed E-state index contributed by atoms with van der Waals surface area (Å²) in [6.07, 6.45) is 0.632. The van der Waals surface area contributed by atoms with E-state index in [-0.39, 0.29) is 10.6 Å². The molecule has 8 nitrogen and oxygen atoms in total. The predicted octanol–water partition coefficient (Wildman–Crippen LogP) is 2.44. The monoisotopic (exact) mass is 436 g/mol. The van der Waals surface area contributed by atoms with E-state index in [9.17, 15) is 13.2 Å². The molecule has 0 aromatic heterocycles. The van der Waals surface area contributed by atoms with E-state index in [4.69, 9.17) is 14.2 Å². The van der Waals surface area contributed by atoms with Crippen LogP contribution in [0.4, 0.5) is 5.69 Å². The number of hydrogen-bond donors (Lipinski definition) is 1. The van der Waals surface area contributed by atoms with Crippen LogP contribution in [0.2, 0.25) is 0 Å². The maximum atomic E-state index is 13.4. The average Bonchev–Trinajstić information content (AvgIpc) is 2.77. The highest BCUT2D eigenvalue weighted by Crippen LogP contribution is 2.35. The lowest BCUT2D eigenvalue weighted by Gasteiger charge is -2.26. The molecule has 1 amide bonds. The Hall–Kier alpha value is -2.78. The fourth-order valence-corrected chi connectivity index (χ4v) is 4.19. The summed E-state index contributed by atoms with van der Waals surface area (Å²) in [5.74, 6) is 0.312. The molecule has 0 aliphatic carbocycles. The fourth-order valence-electron chi connectivity index (χ4n) is 2.74. The molecule has 0 spiro atoms. The van der Waals surface area contributed by atoms with E-state index >= 15 is 0 Å². The minimum atomic E-state index is -4.03. The highest BCUT2D eigenvalue weighted by Gasteiger charge is 2.29. The molecule has 0 saturated carbocycles. The molecule has 9 heteroatoms. The van der Waals surface area contributed by atoms with Crippen molar-refractivity contribution in [2.45, 2.75) is 18.2 Å². The molecule has 0 radical (unpaired) electrons. The second-order valence-electron chi connectivity index (χ2n) is 6.26. The van der Waals surface area contributed by atoms with Gasteiger partial charge in [0.25, 0.3) is 10.0 Å². The largest absolute Gasteiger partial charge is 0.497 e. The number of rotatable bonds is 12. The SMILES string of the molecule is CCOCCCNC(=O)CN(c1cc(OC)ccc1OC)S(=O)(=O)c1ccccc1. The molecule has 2 aromatic rings. The van der Waals surface area contributed by atoms with Crippen molar-refractivity contribution < 1.29 is 27.4 Å². The number of nitrogens with one attached hydrogen (secondary N) is 1. The van der Waals surface area contributed by atoms with Gasteiger partial charge in [0.1, 0.15) is 18.0 Å².